The summed E-state index contributed by atoms with van der Waals surface area (Å²) in [7, 11) is 0. The summed E-state index contributed by atoms with van der Waals surface area (Å²) in [6, 6.07) is 0. The fourth-order valence-electron chi connectivity index (χ4n) is 11.5. The van der Waals surface area contributed by atoms with Crippen LogP contribution in [0.3, 0.4) is 0 Å². The summed E-state index contributed by atoms with van der Waals surface area (Å²) in [6.45, 7) is 4.08. The second kappa shape index (κ2) is 73.9. The van der Waals surface area contributed by atoms with Crippen LogP contribution in [-0.4, -0.2) is 36.4 Å². The van der Waals surface area contributed by atoms with Crippen molar-refractivity contribution in [3.05, 3.63) is 60.8 Å². The summed E-state index contributed by atoms with van der Waals surface area (Å²) in [5.41, 5.74) is 0. The Morgan fingerprint density at radius 3 is 0.783 bits per heavy atom. The Bertz CT molecular complexity index is 1410. The number of esters is 2. The van der Waals surface area contributed by atoms with Gasteiger partial charge in [0.05, 0.1) is 6.61 Å². The van der Waals surface area contributed by atoms with Crippen LogP contribution in [0.5, 0.6) is 0 Å². The quantitative estimate of drug-likeness (QED) is 0.0373. The van der Waals surface area contributed by atoms with Crippen LogP contribution < -0.4 is 0 Å². The van der Waals surface area contributed by atoms with E-state index in [2.05, 4.69) is 74.6 Å². The molecule has 0 radical (unpaired) electrons. The van der Waals surface area contributed by atoms with Gasteiger partial charge in [-0.2, -0.15) is 0 Å². The highest BCUT2D eigenvalue weighted by atomic mass is 16.6. The van der Waals surface area contributed by atoms with E-state index in [-0.39, 0.29) is 25.2 Å². The number of hydrogen-bond donors (Lipinski definition) is 1. The van der Waals surface area contributed by atoms with Crippen LogP contribution in [0.25, 0.3) is 0 Å². The van der Waals surface area contributed by atoms with Crippen LogP contribution >= 0.6 is 0 Å². The first-order valence-electron chi connectivity index (χ1n) is 37.3. The molecule has 0 saturated heterocycles. The molecule has 0 aromatic heterocycles. The molecule has 0 rings (SSSR count). The molecule has 0 aromatic rings. The van der Waals surface area contributed by atoms with E-state index < -0.39 is 6.10 Å². The van der Waals surface area contributed by atoms with E-state index in [1.165, 1.54) is 315 Å². The van der Waals surface area contributed by atoms with E-state index >= 15 is 0 Å². The largest absolute Gasteiger partial charge is 0.462 e. The molecule has 1 N–H and O–H groups in total. The third-order valence-corrected chi connectivity index (χ3v) is 17.1. The first-order chi connectivity index (χ1) is 41.1. The van der Waals surface area contributed by atoms with Crippen LogP contribution in [-0.2, 0) is 19.1 Å². The second-order valence-electron chi connectivity index (χ2n) is 25.4. The lowest BCUT2D eigenvalue weighted by Crippen LogP contribution is -2.28. The average molecular weight is 1160 g/mol. The molecule has 0 spiro atoms. The maximum absolute atomic E-state index is 12.4. The van der Waals surface area contributed by atoms with E-state index in [1.807, 2.05) is 0 Å². The Morgan fingerprint density at radius 2 is 0.518 bits per heavy atom. The summed E-state index contributed by atoms with van der Waals surface area (Å²) >= 11 is 0. The van der Waals surface area contributed by atoms with E-state index in [0.29, 0.717) is 12.8 Å². The van der Waals surface area contributed by atoms with Gasteiger partial charge >= 0.3 is 11.9 Å². The van der Waals surface area contributed by atoms with Crippen molar-refractivity contribution < 1.29 is 24.2 Å². The van der Waals surface area contributed by atoms with Gasteiger partial charge in [-0.3, -0.25) is 9.59 Å². The molecular weight excluding hydrogens is 1020 g/mol. The monoisotopic (exact) mass is 1160 g/mol. The summed E-state index contributed by atoms with van der Waals surface area (Å²) in [5, 5.41) is 9.71. The number of unbranched alkanes of at least 4 members (excludes halogenated alkanes) is 52. The molecule has 0 amide bonds. The number of rotatable bonds is 70. The lowest BCUT2D eigenvalue weighted by Gasteiger charge is -2.15. The summed E-state index contributed by atoms with van der Waals surface area (Å²) in [5.74, 6) is -0.573. The van der Waals surface area contributed by atoms with Gasteiger partial charge in [-0.1, -0.05) is 396 Å². The number of aliphatic hydroxyl groups excluding tert-OH is 1. The molecule has 5 heteroatoms. The van der Waals surface area contributed by atoms with Crippen LogP contribution in [0.2, 0.25) is 0 Å². The number of carbonyl (C=O) groups excluding carboxylic acids is 2. The molecule has 0 fully saturated rings. The zero-order valence-corrected chi connectivity index (χ0v) is 56.0. The van der Waals surface area contributed by atoms with Crippen LogP contribution in [0.4, 0.5) is 0 Å². The Balaban J connectivity index is 3.38. The summed E-state index contributed by atoms with van der Waals surface area (Å²) in [6.07, 6.45) is 102. The number of ether oxygens (including phenoxy) is 2. The van der Waals surface area contributed by atoms with Gasteiger partial charge in [0.15, 0.2) is 6.10 Å². The molecule has 0 aliphatic rings. The fraction of sp³-hybridized carbons (Fsp3) is 0.846. The molecule has 83 heavy (non-hydrogen) atoms. The van der Waals surface area contributed by atoms with Crippen molar-refractivity contribution in [1.82, 2.24) is 0 Å². The van der Waals surface area contributed by atoms with Crippen molar-refractivity contribution in [2.45, 2.75) is 412 Å². The molecule has 0 aliphatic heterocycles. The van der Waals surface area contributed by atoms with Crippen LogP contribution in [0.1, 0.15) is 406 Å². The van der Waals surface area contributed by atoms with Crippen LogP contribution in [0, 0.1) is 0 Å². The van der Waals surface area contributed by atoms with Gasteiger partial charge in [0, 0.05) is 12.8 Å². The Labute approximate surface area is 519 Å². The highest BCUT2D eigenvalue weighted by Crippen LogP contribution is 2.20. The average Bonchev–Trinajstić information content (AvgIpc) is 3.49. The molecule has 1 unspecified atom stereocenters. The molecule has 0 aromatic carbocycles. The third-order valence-electron chi connectivity index (χ3n) is 17.1. The SMILES string of the molecule is CC/C=C\C/C=C\C/C=C\C/C=C\C/C=C\CCCCCCCCCCCCCCCC(=O)OC(CO)COC(=O)CCCCCCCCCCCCCCCCCCCCCCCCCCCCCCCCCCCCCCCCCC. The standard InChI is InChI=1S/C78H144O5/c1-3-5-7-9-11-13-15-17-19-21-23-25-27-29-31-33-34-35-36-37-38-39-40-41-42-43-45-46-48-50-52-54-56-58-60-62-64-66-68-70-72-77(80)82-75-76(74-79)83-78(81)73-71-69-67-65-63-61-59-57-55-53-51-49-47-44-32-30-28-26-24-22-20-18-16-14-12-10-8-6-4-2/h6,8,12,14,18,20,24,26,30,32,76,79H,3-5,7,9-11,13,15-17,19,21-23,25,27-29,31,33-75H2,1-2H3/b8-6-,14-12-,20-18-,26-24-,32-30-. The van der Waals surface area contributed by atoms with E-state index in [4.69, 9.17) is 9.47 Å². The fourth-order valence-corrected chi connectivity index (χ4v) is 11.5. The highest BCUT2D eigenvalue weighted by Gasteiger charge is 2.16. The van der Waals surface area contributed by atoms with Gasteiger partial charge in [-0.25, -0.2) is 0 Å². The second-order valence-corrected chi connectivity index (χ2v) is 25.4. The number of hydrogen-bond acceptors (Lipinski definition) is 5. The Morgan fingerprint density at radius 1 is 0.289 bits per heavy atom. The molecule has 1 atom stereocenters. The molecular formula is C78H144O5. The highest BCUT2D eigenvalue weighted by molar-refractivity contribution is 5.70. The molecule has 486 valence electrons. The van der Waals surface area contributed by atoms with Crippen molar-refractivity contribution in [3.8, 4) is 0 Å². The number of aliphatic hydroxyl groups is 1. The van der Waals surface area contributed by atoms with E-state index in [9.17, 15) is 14.7 Å². The van der Waals surface area contributed by atoms with Crippen molar-refractivity contribution in [3.63, 3.8) is 0 Å². The molecule has 0 aliphatic carbocycles. The van der Waals surface area contributed by atoms with E-state index in [1.54, 1.807) is 0 Å². The first kappa shape index (κ1) is 80.6. The van der Waals surface area contributed by atoms with Gasteiger partial charge < -0.3 is 14.6 Å². The summed E-state index contributed by atoms with van der Waals surface area (Å²) in [4.78, 5) is 24.7. The van der Waals surface area contributed by atoms with Crippen LogP contribution in [0.15, 0.2) is 60.8 Å². The first-order valence-corrected chi connectivity index (χ1v) is 37.3. The minimum Gasteiger partial charge on any atom is -0.462 e. The van der Waals surface area contributed by atoms with Gasteiger partial charge in [0.25, 0.3) is 0 Å². The topological polar surface area (TPSA) is 72.8 Å². The molecule has 0 heterocycles. The lowest BCUT2D eigenvalue weighted by molar-refractivity contribution is -0.161. The van der Waals surface area contributed by atoms with Crippen molar-refractivity contribution >= 4 is 11.9 Å². The predicted molar refractivity (Wildman–Crippen MR) is 367 cm³/mol. The number of carbonyl (C=O) groups is 2. The maximum Gasteiger partial charge on any atom is 0.306 e. The Kier molecular flexibility index (Phi) is 71.7. The Hall–Kier alpha value is -2.40. The minimum atomic E-state index is -0.774. The van der Waals surface area contributed by atoms with Crippen molar-refractivity contribution in [2.75, 3.05) is 13.2 Å². The van der Waals surface area contributed by atoms with Crippen molar-refractivity contribution in [2.24, 2.45) is 0 Å². The van der Waals surface area contributed by atoms with Crippen molar-refractivity contribution in [1.29, 1.82) is 0 Å². The smallest absolute Gasteiger partial charge is 0.306 e. The molecule has 5 nitrogen and oxygen atoms in total. The lowest BCUT2D eigenvalue weighted by atomic mass is 10.0. The predicted octanol–water partition coefficient (Wildman–Crippen LogP) is 26.1. The summed E-state index contributed by atoms with van der Waals surface area (Å²) < 4.78 is 10.8. The minimum absolute atomic E-state index is 0.0629. The third kappa shape index (κ3) is 72.0. The van der Waals surface area contributed by atoms with E-state index in [0.717, 1.165) is 64.2 Å². The van der Waals surface area contributed by atoms with Gasteiger partial charge in [0.1, 0.15) is 6.61 Å². The van der Waals surface area contributed by atoms with Gasteiger partial charge in [0.2, 0.25) is 0 Å². The van der Waals surface area contributed by atoms with Gasteiger partial charge in [-0.15, -0.1) is 0 Å². The normalized spacial score (nSPS) is 12.5. The zero-order chi connectivity index (χ0) is 59.8. The molecule has 0 bridgehead atoms. The zero-order valence-electron chi connectivity index (χ0n) is 56.0. The molecule has 0 saturated carbocycles. The maximum atomic E-state index is 12.4. The van der Waals surface area contributed by atoms with Gasteiger partial charge in [-0.05, 0) is 57.8 Å². The number of allylic oxidation sites excluding steroid dienone is 10.